The molecule has 5 nitrogen and oxygen atoms in total. The Hall–Kier alpha value is -3.10. The van der Waals surface area contributed by atoms with Crippen LogP contribution in [-0.2, 0) is 16.4 Å². The van der Waals surface area contributed by atoms with Crippen LogP contribution in [0.25, 0.3) is 6.08 Å². The van der Waals surface area contributed by atoms with Gasteiger partial charge in [-0.1, -0.05) is 30.3 Å². The fraction of sp³-hybridized carbons (Fsp3) is 0.414. The van der Waals surface area contributed by atoms with Gasteiger partial charge in [-0.05, 0) is 67.3 Å². The van der Waals surface area contributed by atoms with Gasteiger partial charge in [-0.25, -0.2) is 0 Å². The van der Waals surface area contributed by atoms with E-state index in [1.807, 2.05) is 24.3 Å². The SMILES string of the molecule is C=CCN1CCC2(c3cccc(OC)c3)CC(NC(=O)/C=C/c3cccc(C(F)(F)F)c3)CC(O)C2C1. The van der Waals surface area contributed by atoms with Gasteiger partial charge in [0.1, 0.15) is 5.75 Å². The molecule has 2 aliphatic rings. The molecule has 1 heterocycles. The number of halogens is 3. The van der Waals surface area contributed by atoms with Gasteiger partial charge in [0.2, 0.25) is 5.91 Å². The number of nitrogens with zero attached hydrogens (tertiary/aromatic N) is 1. The van der Waals surface area contributed by atoms with Gasteiger partial charge in [0.15, 0.2) is 0 Å². The van der Waals surface area contributed by atoms with Gasteiger partial charge in [-0.3, -0.25) is 9.69 Å². The van der Waals surface area contributed by atoms with E-state index in [4.69, 9.17) is 4.74 Å². The molecule has 198 valence electrons. The fourth-order valence-electron chi connectivity index (χ4n) is 5.92. The number of piperidine rings is 1. The summed E-state index contributed by atoms with van der Waals surface area (Å²) in [6, 6.07) is 12.5. The first-order valence-corrected chi connectivity index (χ1v) is 12.5. The zero-order valence-corrected chi connectivity index (χ0v) is 20.9. The molecule has 1 aliphatic carbocycles. The van der Waals surface area contributed by atoms with Crippen LogP contribution in [0.1, 0.15) is 36.0 Å². The Morgan fingerprint density at radius 1 is 1.27 bits per heavy atom. The number of carbonyl (C=O) groups excluding carboxylic acids is 1. The van der Waals surface area contributed by atoms with Crippen molar-refractivity contribution >= 4 is 12.0 Å². The van der Waals surface area contributed by atoms with E-state index in [0.29, 0.717) is 12.8 Å². The maximum absolute atomic E-state index is 13.0. The van der Waals surface area contributed by atoms with Gasteiger partial charge in [-0.2, -0.15) is 13.2 Å². The molecule has 1 saturated heterocycles. The average Bonchev–Trinajstić information content (AvgIpc) is 2.88. The molecule has 2 aromatic rings. The Bertz CT molecular complexity index is 1150. The van der Waals surface area contributed by atoms with Crippen LogP contribution >= 0.6 is 0 Å². The Morgan fingerprint density at radius 2 is 2.05 bits per heavy atom. The number of hydrogen-bond donors (Lipinski definition) is 2. The summed E-state index contributed by atoms with van der Waals surface area (Å²) in [5.74, 6) is 0.309. The van der Waals surface area contributed by atoms with Crippen molar-refractivity contribution in [3.63, 3.8) is 0 Å². The number of fused-ring (bicyclic) bond motifs is 1. The first kappa shape index (κ1) is 26.9. The molecule has 1 amide bonds. The predicted octanol–water partition coefficient (Wildman–Crippen LogP) is 4.81. The third-order valence-electron chi connectivity index (χ3n) is 7.66. The minimum atomic E-state index is -4.45. The summed E-state index contributed by atoms with van der Waals surface area (Å²) in [5.41, 5.74) is 0.246. The lowest BCUT2D eigenvalue weighted by Gasteiger charge is -2.54. The van der Waals surface area contributed by atoms with Gasteiger partial charge in [0.25, 0.3) is 0 Å². The van der Waals surface area contributed by atoms with Crippen LogP contribution in [0.4, 0.5) is 13.2 Å². The molecule has 2 N–H and O–H groups in total. The summed E-state index contributed by atoms with van der Waals surface area (Å²) in [6.45, 7) is 6.15. The number of ether oxygens (including phenoxy) is 1. The number of nitrogens with one attached hydrogen (secondary N) is 1. The van der Waals surface area contributed by atoms with E-state index in [1.54, 1.807) is 7.11 Å². The number of likely N-dealkylation sites (tertiary alicyclic amines) is 1. The Balaban J connectivity index is 1.54. The summed E-state index contributed by atoms with van der Waals surface area (Å²) < 4.78 is 44.5. The van der Waals surface area contributed by atoms with Crippen molar-refractivity contribution in [2.45, 2.75) is 43.0 Å². The molecule has 0 radical (unpaired) electrons. The Kier molecular flexibility index (Phi) is 8.09. The van der Waals surface area contributed by atoms with Crippen LogP contribution < -0.4 is 10.1 Å². The van der Waals surface area contributed by atoms with Gasteiger partial charge >= 0.3 is 6.18 Å². The number of aliphatic hydroxyl groups is 1. The minimum absolute atomic E-state index is 0.0258. The van der Waals surface area contributed by atoms with E-state index in [1.165, 1.54) is 24.3 Å². The van der Waals surface area contributed by atoms with E-state index >= 15 is 0 Å². The largest absolute Gasteiger partial charge is 0.497 e. The third-order valence-corrected chi connectivity index (χ3v) is 7.66. The van der Waals surface area contributed by atoms with Crippen LogP contribution in [0, 0.1) is 5.92 Å². The molecule has 1 aliphatic heterocycles. The molecule has 8 heteroatoms. The highest BCUT2D eigenvalue weighted by molar-refractivity contribution is 5.92. The third kappa shape index (κ3) is 6.08. The van der Waals surface area contributed by atoms with E-state index in [9.17, 15) is 23.1 Å². The lowest BCUT2D eigenvalue weighted by molar-refractivity contribution is -0.137. The molecule has 0 spiro atoms. The minimum Gasteiger partial charge on any atom is -0.497 e. The summed E-state index contributed by atoms with van der Waals surface area (Å²) in [4.78, 5) is 15.1. The highest BCUT2D eigenvalue weighted by Gasteiger charge is 2.52. The Morgan fingerprint density at radius 3 is 2.78 bits per heavy atom. The topological polar surface area (TPSA) is 61.8 Å². The van der Waals surface area contributed by atoms with Crippen molar-refractivity contribution in [3.8, 4) is 5.75 Å². The first-order valence-electron chi connectivity index (χ1n) is 12.5. The molecule has 2 fully saturated rings. The van der Waals surface area contributed by atoms with Gasteiger partial charge in [0, 0.05) is 36.5 Å². The second kappa shape index (κ2) is 11.1. The van der Waals surface area contributed by atoms with Crippen molar-refractivity contribution in [2.24, 2.45) is 5.92 Å². The number of amides is 1. The first-order chi connectivity index (χ1) is 17.6. The summed E-state index contributed by atoms with van der Waals surface area (Å²) in [7, 11) is 1.62. The summed E-state index contributed by atoms with van der Waals surface area (Å²) in [5, 5.41) is 14.3. The number of methoxy groups -OCH3 is 1. The molecule has 0 aromatic heterocycles. The maximum Gasteiger partial charge on any atom is 0.416 e. The number of benzene rings is 2. The van der Waals surface area contributed by atoms with E-state index in [2.05, 4.69) is 22.9 Å². The summed E-state index contributed by atoms with van der Waals surface area (Å²) >= 11 is 0. The maximum atomic E-state index is 13.0. The van der Waals surface area contributed by atoms with Gasteiger partial charge < -0.3 is 15.2 Å². The van der Waals surface area contributed by atoms with E-state index < -0.39 is 23.8 Å². The lowest BCUT2D eigenvalue weighted by atomic mass is 9.57. The molecule has 4 rings (SSSR count). The number of hydrogen-bond acceptors (Lipinski definition) is 4. The summed E-state index contributed by atoms with van der Waals surface area (Å²) in [6.07, 6.45) is 1.27. The van der Waals surface area contributed by atoms with Crippen molar-refractivity contribution in [2.75, 3.05) is 26.7 Å². The molecule has 4 unspecified atom stereocenters. The van der Waals surface area contributed by atoms with Gasteiger partial charge in [-0.15, -0.1) is 6.58 Å². The monoisotopic (exact) mass is 514 g/mol. The highest BCUT2D eigenvalue weighted by Crippen LogP contribution is 2.49. The second-order valence-electron chi connectivity index (χ2n) is 9.96. The average molecular weight is 515 g/mol. The quantitative estimate of drug-likeness (QED) is 0.411. The molecule has 2 aromatic carbocycles. The standard InChI is InChI=1S/C29H33F3N2O3/c1-3-13-34-14-12-28(21-7-5-9-24(16-21)37-2)18-23(17-26(35)25(28)19-34)33-27(36)11-10-20-6-4-8-22(15-20)29(30,31)32/h3-11,15-16,23,25-26,35H,1,12-14,17-19H2,2H3,(H,33,36)/b11-10+. The van der Waals surface area contributed by atoms with Crippen molar-refractivity contribution < 1.29 is 27.8 Å². The van der Waals surface area contributed by atoms with Crippen molar-refractivity contribution in [1.82, 2.24) is 10.2 Å². The van der Waals surface area contributed by atoms with E-state index in [0.717, 1.165) is 49.5 Å². The van der Waals surface area contributed by atoms with Gasteiger partial charge in [0.05, 0.1) is 18.8 Å². The van der Waals surface area contributed by atoms with Crippen LogP contribution in [0.3, 0.4) is 0 Å². The molecular weight excluding hydrogens is 481 g/mol. The second-order valence-corrected chi connectivity index (χ2v) is 9.96. The van der Waals surface area contributed by atoms with Crippen LogP contribution in [0.15, 0.2) is 67.3 Å². The number of alkyl halides is 3. The smallest absolute Gasteiger partial charge is 0.416 e. The van der Waals surface area contributed by atoms with E-state index in [-0.39, 0.29) is 22.9 Å². The molecule has 0 bridgehead atoms. The normalized spacial score (nSPS) is 26.5. The predicted molar refractivity (Wildman–Crippen MR) is 137 cm³/mol. The number of carbonyl (C=O) groups is 1. The van der Waals surface area contributed by atoms with Crippen molar-refractivity contribution in [3.05, 3.63) is 84.0 Å². The van der Waals surface area contributed by atoms with Crippen LogP contribution in [0.5, 0.6) is 5.75 Å². The molecule has 37 heavy (non-hydrogen) atoms. The number of rotatable bonds is 7. The molecule has 4 atom stereocenters. The van der Waals surface area contributed by atoms with Crippen LogP contribution in [0.2, 0.25) is 0 Å². The van der Waals surface area contributed by atoms with Crippen LogP contribution in [-0.4, -0.2) is 54.8 Å². The Labute approximate surface area is 215 Å². The highest BCUT2D eigenvalue weighted by atomic mass is 19.4. The fourth-order valence-corrected chi connectivity index (χ4v) is 5.92. The molecule has 1 saturated carbocycles. The van der Waals surface area contributed by atoms with Crippen molar-refractivity contribution in [1.29, 1.82) is 0 Å². The zero-order chi connectivity index (χ0) is 26.6. The number of aliphatic hydroxyl groups excluding tert-OH is 1. The zero-order valence-electron chi connectivity index (χ0n) is 20.9. The molecular formula is C29H33F3N2O3. The lowest BCUT2D eigenvalue weighted by Crippen LogP contribution is -2.60.